The Bertz CT molecular complexity index is 595. The molecule has 0 bridgehead atoms. The molecule has 1 aromatic heterocycles. The van der Waals surface area contributed by atoms with E-state index in [2.05, 4.69) is 16.9 Å². The van der Waals surface area contributed by atoms with Gasteiger partial charge in [-0.05, 0) is 12.1 Å². The van der Waals surface area contributed by atoms with Crippen LogP contribution in [0.15, 0.2) is 42.3 Å². The number of halogens is 1. The molecule has 0 aliphatic carbocycles. The molecule has 0 fully saturated rings. The maximum atomic E-state index is 13.1. The highest BCUT2D eigenvalue weighted by Gasteiger charge is 2.08. The van der Waals surface area contributed by atoms with Crippen molar-refractivity contribution < 1.29 is 9.18 Å². The molecule has 0 aliphatic heterocycles. The molecule has 1 aromatic carbocycles. The van der Waals surface area contributed by atoms with Crippen LogP contribution in [0.2, 0.25) is 0 Å². The van der Waals surface area contributed by atoms with E-state index in [1.165, 1.54) is 23.5 Å². The Morgan fingerprint density at radius 1 is 1.53 bits per heavy atom. The maximum Gasteiger partial charge on any atom is 0.226 e. The predicted octanol–water partition coefficient (Wildman–Crippen LogP) is 2.79. The molecule has 5 heteroatoms. The lowest BCUT2D eigenvalue weighted by Crippen LogP contribution is -2.25. The second-order valence-corrected chi connectivity index (χ2v) is 4.78. The number of hydrogen-bond donors (Lipinski definition) is 1. The van der Waals surface area contributed by atoms with Crippen LogP contribution in [0.3, 0.4) is 0 Å². The average Bonchev–Trinajstić information content (AvgIpc) is 2.85. The fourth-order valence-electron chi connectivity index (χ4n) is 1.56. The minimum absolute atomic E-state index is 0.101. The molecule has 2 aromatic rings. The number of rotatable bonds is 5. The van der Waals surface area contributed by atoms with Crippen molar-refractivity contribution in [3.63, 3.8) is 0 Å². The summed E-state index contributed by atoms with van der Waals surface area (Å²) in [6.07, 6.45) is 1.84. The predicted molar refractivity (Wildman–Crippen MR) is 74.4 cm³/mol. The highest BCUT2D eigenvalue weighted by molar-refractivity contribution is 7.13. The van der Waals surface area contributed by atoms with Crippen LogP contribution in [0.25, 0.3) is 10.6 Å². The Hall–Kier alpha value is -2.01. The molecule has 1 N–H and O–H groups in total. The van der Waals surface area contributed by atoms with E-state index in [4.69, 9.17) is 0 Å². The van der Waals surface area contributed by atoms with Crippen LogP contribution >= 0.6 is 11.3 Å². The topological polar surface area (TPSA) is 42.0 Å². The van der Waals surface area contributed by atoms with Crippen molar-refractivity contribution in [1.29, 1.82) is 0 Å². The standard InChI is InChI=1S/C14H13FN2OS/c1-2-6-16-13(18)8-12-9-19-14(17-12)10-4-3-5-11(15)7-10/h2-5,7,9H,1,6,8H2,(H,16,18). The number of nitrogens with one attached hydrogen (secondary N) is 1. The Balaban J connectivity index is 2.07. The van der Waals surface area contributed by atoms with Gasteiger partial charge in [0.2, 0.25) is 5.91 Å². The van der Waals surface area contributed by atoms with E-state index >= 15 is 0 Å². The Morgan fingerprint density at radius 3 is 3.11 bits per heavy atom. The van der Waals surface area contributed by atoms with E-state index in [0.29, 0.717) is 17.2 Å². The van der Waals surface area contributed by atoms with Gasteiger partial charge in [-0.2, -0.15) is 0 Å². The van der Waals surface area contributed by atoms with Gasteiger partial charge in [-0.25, -0.2) is 9.37 Å². The monoisotopic (exact) mass is 276 g/mol. The first-order chi connectivity index (χ1) is 9.19. The number of hydrogen-bond acceptors (Lipinski definition) is 3. The first-order valence-corrected chi connectivity index (χ1v) is 6.65. The van der Waals surface area contributed by atoms with Crippen molar-refractivity contribution >= 4 is 17.2 Å². The van der Waals surface area contributed by atoms with Crippen molar-refractivity contribution in [3.8, 4) is 10.6 Å². The molecule has 19 heavy (non-hydrogen) atoms. The van der Waals surface area contributed by atoms with E-state index in [9.17, 15) is 9.18 Å². The second kappa shape index (κ2) is 6.24. The van der Waals surface area contributed by atoms with Gasteiger partial charge in [0.25, 0.3) is 0 Å². The highest BCUT2D eigenvalue weighted by atomic mass is 32.1. The summed E-state index contributed by atoms with van der Waals surface area (Å²) in [5.74, 6) is -0.394. The van der Waals surface area contributed by atoms with Crippen molar-refractivity contribution in [2.24, 2.45) is 0 Å². The van der Waals surface area contributed by atoms with Crippen LogP contribution in [0.5, 0.6) is 0 Å². The molecule has 0 atom stereocenters. The summed E-state index contributed by atoms with van der Waals surface area (Å²) in [7, 11) is 0. The van der Waals surface area contributed by atoms with Gasteiger partial charge in [-0.15, -0.1) is 17.9 Å². The van der Waals surface area contributed by atoms with Crippen molar-refractivity contribution in [2.75, 3.05) is 6.54 Å². The largest absolute Gasteiger partial charge is 0.352 e. The Kier molecular flexibility index (Phi) is 4.41. The summed E-state index contributed by atoms with van der Waals surface area (Å²) < 4.78 is 13.1. The zero-order valence-corrected chi connectivity index (χ0v) is 11.0. The van der Waals surface area contributed by atoms with Gasteiger partial charge in [0.05, 0.1) is 12.1 Å². The van der Waals surface area contributed by atoms with Crippen LogP contribution in [-0.2, 0) is 11.2 Å². The number of carbonyl (C=O) groups excluding carboxylic acids is 1. The van der Waals surface area contributed by atoms with E-state index in [1.54, 1.807) is 18.2 Å². The van der Waals surface area contributed by atoms with Gasteiger partial charge >= 0.3 is 0 Å². The first kappa shape index (κ1) is 13.4. The van der Waals surface area contributed by atoms with Crippen molar-refractivity contribution in [3.05, 3.63) is 53.8 Å². The summed E-state index contributed by atoms with van der Waals surface area (Å²) >= 11 is 1.40. The molecule has 0 spiro atoms. The van der Waals surface area contributed by atoms with E-state index in [1.807, 2.05) is 5.38 Å². The third kappa shape index (κ3) is 3.72. The zero-order chi connectivity index (χ0) is 13.7. The Labute approximate surface area is 114 Å². The molecular weight excluding hydrogens is 263 g/mol. The molecule has 0 saturated carbocycles. The van der Waals surface area contributed by atoms with Crippen LogP contribution in [0.4, 0.5) is 4.39 Å². The lowest BCUT2D eigenvalue weighted by atomic mass is 10.2. The molecule has 2 rings (SSSR count). The van der Waals surface area contributed by atoms with Gasteiger partial charge in [0.1, 0.15) is 10.8 Å². The quantitative estimate of drug-likeness (QED) is 0.853. The van der Waals surface area contributed by atoms with Crippen LogP contribution < -0.4 is 5.32 Å². The number of nitrogens with zero attached hydrogens (tertiary/aromatic N) is 1. The third-order valence-electron chi connectivity index (χ3n) is 2.41. The molecule has 0 aliphatic rings. The number of carbonyl (C=O) groups is 1. The molecular formula is C14H13FN2OS. The maximum absolute atomic E-state index is 13.1. The van der Waals surface area contributed by atoms with Gasteiger partial charge in [0, 0.05) is 17.5 Å². The number of thiazole rings is 1. The van der Waals surface area contributed by atoms with E-state index in [-0.39, 0.29) is 18.1 Å². The van der Waals surface area contributed by atoms with Crippen LogP contribution in [0, 0.1) is 5.82 Å². The minimum Gasteiger partial charge on any atom is -0.352 e. The fraction of sp³-hybridized carbons (Fsp3) is 0.143. The van der Waals surface area contributed by atoms with Crippen molar-refractivity contribution in [1.82, 2.24) is 10.3 Å². The van der Waals surface area contributed by atoms with Crippen LogP contribution in [0.1, 0.15) is 5.69 Å². The van der Waals surface area contributed by atoms with E-state index < -0.39 is 0 Å². The van der Waals surface area contributed by atoms with Gasteiger partial charge < -0.3 is 5.32 Å². The van der Waals surface area contributed by atoms with Crippen LogP contribution in [-0.4, -0.2) is 17.4 Å². The van der Waals surface area contributed by atoms with Gasteiger partial charge in [-0.3, -0.25) is 4.79 Å². The summed E-state index contributed by atoms with van der Waals surface area (Å²) in [6.45, 7) is 3.97. The number of amides is 1. The highest BCUT2D eigenvalue weighted by Crippen LogP contribution is 2.24. The van der Waals surface area contributed by atoms with E-state index in [0.717, 1.165) is 5.56 Å². The smallest absolute Gasteiger partial charge is 0.226 e. The average molecular weight is 276 g/mol. The lowest BCUT2D eigenvalue weighted by Gasteiger charge is -1.99. The third-order valence-corrected chi connectivity index (χ3v) is 3.35. The Morgan fingerprint density at radius 2 is 2.37 bits per heavy atom. The zero-order valence-electron chi connectivity index (χ0n) is 10.2. The summed E-state index contributed by atoms with van der Waals surface area (Å²) in [6, 6.07) is 6.26. The SMILES string of the molecule is C=CCNC(=O)Cc1csc(-c2cccc(F)c2)n1. The molecule has 98 valence electrons. The lowest BCUT2D eigenvalue weighted by molar-refractivity contribution is -0.120. The summed E-state index contributed by atoms with van der Waals surface area (Å²) in [4.78, 5) is 15.9. The normalized spacial score (nSPS) is 10.2. The fourth-order valence-corrected chi connectivity index (χ4v) is 2.37. The molecule has 0 saturated heterocycles. The summed E-state index contributed by atoms with van der Waals surface area (Å²) in [5.41, 5.74) is 1.41. The second-order valence-electron chi connectivity index (χ2n) is 3.92. The molecule has 0 unspecified atom stereocenters. The number of benzene rings is 1. The number of aromatic nitrogens is 1. The van der Waals surface area contributed by atoms with Crippen molar-refractivity contribution in [2.45, 2.75) is 6.42 Å². The van der Waals surface area contributed by atoms with Gasteiger partial charge in [-0.1, -0.05) is 18.2 Å². The molecule has 0 radical (unpaired) electrons. The summed E-state index contributed by atoms with van der Waals surface area (Å²) in [5, 5.41) is 5.21. The molecule has 3 nitrogen and oxygen atoms in total. The molecule has 1 heterocycles. The molecule has 1 amide bonds. The van der Waals surface area contributed by atoms with Gasteiger partial charge in [0.15, 0.2) is 0 Å². The minimum atomic E-state index is -0.294. The first-order valence-electron chi connectivity index (χ1n) is 5.77.